The fraction of sp³-hybridized carbons (Fsp3) is 0.214. The van der Waals surface area contributed by atoms with Gasteiger partial charge in [0.1, 0.15) is 23.8 Å². The third-order valence-electron chi connectivity index (χ3n) is 2.90. The zero-order valence-electron chi connectivity index (χ0n) is 11.4. The molecule has 0 radical (unpaired) electrons. The molecule has 7 heteroatoms. The molecule has 0 fully saturated rings. The Bertz CT molecular complexity index is 751. The fourth-order valence-corrected chi connectivity index (χ4v) is 2.86. The predicted octanol–water partition coefficient (Wildman–Crippen LogP) is 2.34. The molecular weight excluding hydrogens is 290 g/mol. The van der Waals surface area contributed by atoms with Crippen LogP contribution in [0.1, 0.15) is 15.4 Å². The summed E-state index contributed by atoms with van der Waals surface area (Å²) in [5.74, 6) is 0.303. The minimum Gasteiger partial charge on any atom is -0.488 e. The van der Waals surface area contributed by atoms with E-state index in [0.717, 1.165) is 10.7 Å². The monoisotopic (exact) mass is 303 g/mol. The Morgan fingerprint density at radius 3 is 3.05 bits per heavy atom. The van der Waals surface area contributed by atoms with Crippen molar-refractivity contribution in [2.45, 2.75) is 6.92 Å². The van der Waals surface area contributed by atoms with Gasteiger partial charge in [-0.3, -0.25) is 9.38 Å². The average molecular weight is 303 g/mol. The molecule has 0 aliphatic rings. The van der Waals surface area contributed by atoms with E-state index in [1.54, 1.807) is 30.7 Å². The first-order valence-corrected chi connectivity index (χ1v) is 7.20. The molecule has 3 rings (SSSR count). The molecule has 0 aromatic carbocycles. The molecule has 3 aromatic heterocycles. The summed E-state index contributed by atoms with van der Waals surface area (Å²) in [5, 5.41) is 0. The van der Waals surface area contributed by atoms with Crippen LogP contribution in [0.15, 0.2) is 36.9 Å². The molecule has 0 saturated heterocycles. The fourth-order valence-electron chi connectivity index (χ4n) is 1.88. The molecular formula is C14H13N3O3S. The normalized spacial score (nSPS) is 10.7. The Morgan fingerprint density at radius 2 is 2.29 bits per heavy atom. The number of fused-ring (bicyclic) bond motifs is 1. The zero-order valence-corrected chi connectivity index (χ0v) is 12.2. The Hall–Kier alpha value is -2.41. The maximum Gasteiger partial charge on any atom is 0.350 e. The quantitative estimate of drug-likeness (QED) is 0.534. The van der Waals surface area contributed by atoms with Crippen LogP contribution in [-0.4, -0.2) is 33.6 Å². The van der Waals surface area contributed by atoms with E-state index >= 15 is 0 Å². The van der Waals surface area contributed by atoms with Gasteiger partial charge < -0.3 is 9.47 Å². The van der Waals surface area contributed by atoms with Gasteiger partial charge in [-0.2, -0.15) is 0 Å². The molecule has 0 spiro atoms. The zero-order chi connectivity index (χ0) is 14.7. The van der Waals surface area contributed by atoms with E-state index in [9.17, 15) is 4.79 Å². The number of aryl methyl sites for hydroxylation is 1. The third-order valence-corrected chi connectivity index (χ3v) is 4.05. The Balaban J connectivity index is 1.54. The number of ether oxygens (including phenoxy) is 2. The van der Waals surface area contributed by atoms with Crippen LogP contribution in [0.2, 0.25) is 0 Å². The highest BCUT2D eigenvalue weighted by Gasteiger charge is 2.17. The second kappa shape index (κ2) is 5.92. The molecule has 0 bridgehead atoms. The number of aromatic nitrogens is 3. The van der Waals surface area contributed by atoms with Gasteiger partial charge in [-0.25, -0.2) is 9.78 Å². The van der Waals surface area contributed by atoms with E-state index in [1.807, 2.05) is 17.5 Å². The maximum absolute atomic E-state index is 12.0. The number of imidazole rings is 1. The summed E-state index contributed by atoms with van der Waals surface area (Å²) in [7, 11) is 0. The van der Waals surface area contributed by atoms with E-state index < -0.39 is 0 Å². The number of rotatable bonds is 5. The first-order chi connectivity index (χ1) is 10.3. The molecule has 108 valence electrons. The molecule has 0 aliphatic carbocycles. The number of thiazole rings is 1. The number of hydrogen-bond donors (Lipinski definition) is 0. The van der Waals surface area contributed by atoms with Gasteiger partial charge in [-0.15, -0.1) is 0 Å². The van der Waals surface area contributed by atoms with Gasteiger partial charge in [-0.05, 0) is 19.1 Å². The molecule has 0 unspecified atom stereocenters. The Morgan fingerprint density at radius 1 is 1.38 bits per heavy atom. The molecule has 6 nitrogen and oxygen atoms in total. The first-order valence-electron chi connectivity index (χ1n) is 6.38. The lowest BCUT2D eigenvalue weighted by atomic mass is 10.4. The second-order valence-corrected chi connectivity index (χ2v) is 5.25. The lowest BCUT2D eigenvalue weighted by Crippen LogP contribution is -2.12. The third kappa shape index (κ3) is 2.87. The van der Waals surface area contributed by atoms with E-state index in [1.165, 1.54) is 11.3 Å². The summed E-state index contributed by atoms with van der Waals surface area (Å²) in [6.07, 6.45) is 6.81. The van der Waals surface area contributed by atoms with E-state index in [-0.39, 0.29) is 12.6 Å². The van der Waals surface area contributed by atoms with Crippen molar-refractivity contribution in [3.8, 4) is 5.75 Å². The molecule has 0 atom stereocenters. The molecule has 3 aromatic rings. The standard InChI is InChI=1S/C14H13N3O3S/c1-10-12(21-14-16-5-6-17(10)14)13(18)20-8-7-19-11-3-2-4-15-9-11/h2-6,9H,7-8H2,1H3. The molecule has 21 heavy (non-hydrogen) atoms. The summed E-state index contributed by atoms with van der Waals surface area (Å²) in [6.45, 7) is 2.35. The highest BCUT2D eigenvalue weighted by molar-refractivity contribution is 7.19. The molecule has 0 aliphatic heterocycles. The van der Waals surface area contributed by atoms with Crippen molar-refractivity contribution in [3.63, 3.8) is 0 Å². The van der Waals surface area contributed by atoms with E-state index in [2.05, 4.69) is 9.97 Å². The smallest absolute Gasteiger partial charge is 0.350 e. The van der Waals surface area contributed by atoms with Crippen LogP contribution in [-0.2, 0) is 4.74 Å². The highest BCUT2D eigenvalue weighted by atomic mass is 32.1. The first kappa shape index (κ1) is 13.6. The Kier molecular flexibility index (Phi) is 3.83. The van der Waals surface area contributed by atoms with Gasteiger partial charge in [0.25, 0.3) is 0 Å². The van der Waals surface area contributed by atoms with Crippen LogP contribution >= 0.6 is 11.3 Å². The van der Waals surface area contributed by atoms with Gasteiger partial charge in [0, 0.05) is 24.3 Å². The molecule has 0 amide bonds. The molecule has 3 heterocycles. The average Bonchev–Trinajstić information content (AvgIpc) is 3.08. The van der Waals surface area contributed by atoms with Gasteiger partial charge in [0.2, 0.25) is 0 Å². The van der Waals surface area contributed by atoms with Crippen molar-refractivity contribution in [2.75, 3.05) is 13.2 Å². The number of pyridine rings is 1. The Labute approximate surface area is 125 Å². The SMILES string of the molecule is Cc1c(C(=O)OCCOc2cccnc2)sc2nccn12. The largest absolute Gasteiger partial charge is 0.488 e. The van der Waals surface area contributed by atoms with E-state index in [4.69, 9.17) is 9.47 Å². The van der Waals surface area contributed by atoms with Gasteiger partial charge in [-0.1, -0.05) is 11.3 Å². The van der Waals surface area contributed by atoms with Crippen molar-refractivity contribution in [1.82, 2.24) is 14.4 Å². The van der Waals surface area contributed by atoms with Crippen LogP contribution < -0.4 is 4.74 Å². The van der Waals surface area contributed by atoms with Crippen molar-refractivity contribution >= 4 is 22.3 Å². The van der Waals surface area contributed by atoms with Crippen LogP contribution in [0.4, 0.5) is 0 Å². The lowest BCUT2D eigenvalue weighted by molar-refractivity contribution is 0.0454. The topological polar surface area (TPSA) is 65.7 Å². The summed E-state index contributed by atoms with van der Waals surface area (Å²) in [5.41, 5.74) is 0.839. The summed E-state index contributed by atoms with van der Waals surface area (Å²) in [6, 6.07) is 3.58. The van der Waals surface area contributed by atoms with E-state index in [0.29, 0.717) is 17.2 Å². The second-order valence-electron chi connectivity index (χ2n) is 4.27. The maximum atomic E-state index is 12.0. The number of carbonyl (C=O) groups excluding carboxylic acids is 1. The molecule has 0 N–H and O–H groups in total. The summed E-state index contributed by atoms with van der Waals surface area (Å²) < 4.78 is 12.5. The number of hydrogen-bond acceptors (Lipinski definition) is 6. The highest BCUT2D eigenvalue weighted by Crippen LogP contribution is 2.22. The van der Waals surface area contributed by atoms with Crippen LogP contribution in [0, 0.1) is 6.92 Å². The van der Waals surface area contributed by atoms with Crippen molar-refractivity contribution in [3.05, 3.63) is 47.5 Å². The minimum absolute atomic E-state index is 0.188. The lowest BCUT2D eigenvalue weighted by Gasteiger charge is -2.06. The van der Waals surface area contributed by atoms with Crippen molar-refractivity contribution in [2.24, 2.45) is 0 Å². The minimum atomic E-state index is -0.349. The van der Waals surface area contributed by atoms with Crippen LogP contribution in [0.3, 0.4) is 0 Å². The van der Waals surface area contributed by atoms with Gasteiger partial charge in [0.05, 0.1) is 6.20 Å². The van der Waals surface area contributed by atoms with Crippen molar-refractivity contribution < 1.29 is 14.3 Å². The van der Waals surface area contributed by atoms with Crippen LogP contribution in [0.25, 0.3) is 4.96 Å². The van der Waals surface area contributed by atoms with Gasteiger partial charge in [0.15, 0.2) is 4.96 Å². The molecule has 0 saturated carbocycles. The van der Waals surface area contributed by atoms with Crippen molar-refractivity contribution in [1.29, 1.82) is 0 Å². The summed E-state index contributed by atoms with van der Waals surface area (Å²) in [4.78, 5) is 21.5. The van der Waals surface area contributed by atoms with Gasteiger partial charge >= 0.3 is 5.97 Å². The predicted molar refractivity (Wildman–Crippen MR) is 77.8 cm³/mol. The number of carbonyl (C=O) groups is 1. The number of nitrogens with zero attached hydrogens (tertiary/aromatic N) is 3. The number of esters is 1. The van der Waals surface area contributed by atoms with Crippen LogP contribution in [0.5, 0.6) is 5.75 Å². The summed E-state index contributed by atoms with van der Waals surface area (Å²) >= 11 is 1.32.